The smallest absolute Gasteiger partial charge is 0.237 e. The average molecular weight is 541 g/mol. The van der Waals surface area contributed by atoms with Gasteiger partial charge in [0.25, 0.3) is 0 Å². The molecule has 2 aromatic rings. The number of nitrogens with one attached hydrogen (secondary N) is 2. The van der Waals surface area contributed by atoms with Crippen molar-refractivity contribution in [3.63, 3.8) is 0 Å². The Balaban J connectivity index is 2.44. The summed E-state index contributed by atoms with van der Waals surface area (Å²) in [6.07, 6.45) is 0.651. The number of carbonyl (C=O) groups excluding carboxylic acids is 2. The van der Waals surface area contributed by atoms with Gasteiger partial charge in [-0.25, -0.2) is 0 Å². The summed E-state index contributed by atoms with van der Waals surface area (Å²) in [5.74, 6) is -2.12. The van der Waals surface area contributed by atoms with E-state index in [4.69, 9.17) is 16.2 Å². The highest BCUT2D eigenvalue weighted by Gasteiger charge is 2.34. The molecule has 0 aliphatic heterocycles. The highest BCUT2D eigenvalue weighted by Crippen LogP contribution is 2.21. The maximum absolute atomic E-state index is 13.1. The quantitative estimate of drug-likeness (QED) is 0.220. The van der Waals surface area contributed by atoms with Crippen molar-refractivity contribution >= 4 is 11.8 Å². The summed E-state index contributed by atoms with van der Waals surface area (Å²) >= 11 is 0. The van der Waals surface area contributed by atoms with Gasteiger partial charge in [0.05, 0.1) is 24.2 Å². The van der Waals surface area contributed by atoms with Crippen LogP contribution in [0.3, 0.4) is 0 Å². The molecule has 0 saturated carbocycles. The van der Waals surface area contributed by atoms with E-state index in [0.29, 0.717) is 19.3 Å². The molecule has 0 heterocycles. The van der Waals surface area contributed by atoms with Gasteiger partial charge in [-0.2, -0.15) is 0 Å². The highest BCUT2D eigenvalue weighted by atomic mass is 16.6. The predicted octanol–water partition coefficient (Wildman–Crippen LogP) is 2.91. The molecular formula is C31H48N4O4. The first-order chi connectivity index (χ1) is 18.3. The Bertz CT molecular complexity index is 1010. The van der Waals surface area contributed by atoms with Gasteiger partial charge in [-0.3, -0.25) is 9.59 Å². The summed E-state index contributed by atoms with van der Waals surface area (Å²) < 4.78 is 6.19. The molecule has 1 unspecified atom stereocenters. The number of hydrogen-bond acceptors (Lipinski definition) is 6. The van der Waals surface area contributed by atoms with Crippen molar-refractivity contribution in [2.45, 2.75) is 96.9 Å². The maximum Gasteiger partial charge on any atom is 0.237 e. The van der Waals surface area contributed by atoms with Crippen LogP contribution < -0.4 is 22.1 Å². The van der Waals surface area contributed by atoms with Crippen LogP contribution in [-0.2, 0) is 27.2 Å². The lowest BCUT2D eigenvalue weighted by Crippen LogP contribution is -2.56. The third kappa shape index (κ3) is 11.5. The van der Waals surface area contributed by atoms with Gasteiger partial charge in [0, 0.05) is 6.04 Å². The van der Waals surface area contributed by atoms with Gasteiger partial charge in [-0.15, -0.1) is 0 Å². The Labute approximate surface area is 233 Å². The zero-order chi connectivity index (χ0) is 29.2. The topological polar surface area (TPSA) is 140 Å². The molecule has 216 valence electrons. The van der Waals surface area contributed by atoms with E-state index in [0.717, 1.165) is 11.1 Å². The molecule has 2 rings (SSSR count). The number of ether oxygens (including phenoxy) is 1. The molecular weight excluding hydrogens is 492 g/mol. The molecule has 0 aliphatic carbocycles. The lowest BCUT2D eigenvalue weighted by Gasteiger charge is -2.36. The Morgan fingerprint density at radius 3 is 1.67 bits per heavy atom. The Morgan fingerprint density at radius 1 is 0.795 bits per heavy atom. The predicted molar refractivity (Wildman–Crippen MR) is 156 cm³/mol. The summed E-state index contributed by atoms with van der Waals surface area (Å²) in [6, 6.07) is 17.3. The van der Waals surface area contributed by atoms with E-state index in [2.05, 4.69) is 10.6 Å². The second kappa shape index (κ2) is 15.1. The van der Waals surface area contributed by atoms with Crippen molar-refractivity contribution in [2.24, 2.45) is 23.3 Å². The van der Waals surface area contributed by atoms with E-state index < -0.39 is 30.0 Å². The van der Waals surface area contributed by atoms with Gasteiger partial charge in [-0.1, -0.05) is 88.4 Å². The summed E-state index contributed by atoms with van der Waals surface area (Å²) in [5.41, 5.74) is 14.4. The van der Waals surface area contributed by atoms with E-state index in [1.54, 1.807) is 13.8 Å². The number of nitrogens with two attached hydrogens (primary N) is 2. The van der Waals surface area contributed by atoms with Crippen molar-refractivity contribution in [1.29, 1.82) is 0 Å². The first kappa shape index (κ1) is 32.4. The lowest BCUT2D eigenvalue weighted by molar-refractivity contribution is -0.214. The summed E-state index contributed by atoms with van der Waals surface area (Å²) in [7, 11) is 0. The average Bonchev–Trinajstić information content (AvgIpc) is 2.87. The summed E-state index contributed by atoms with van der Waals surface area (Å²) in [4.78, 5) is 26.2. The van der Waals surface area contributed by atoms with Crippen molar-refractivity contribution in [3.8, 4) is 0 Å². The van der Waals surface area contributed by atoms with E-state index in [-0.39, 0.29) is 29.7 Å². The second-order valence-electron chi connectivity index (χ2n) is 11.6. The monoisotopic (exact) mass is 540 g/mol. The van der Waals surface area contributed by atoms with Gasteiger partial charge < -0.3 is 31.9 Å². The minimum atomic E-state index is -1.49. The molecule has 5 atom stereocenters. The third-order valence-corrected chi connectivity index (χ3v) is 6.74. The molecule has 0 aromatic heterocycles. The number of rotatable bonds is 15. The van der Waals surface area contributed by atoms with Crippen molar-refractivity contribution in [3.05, 3.63) is 71.8 Å². The van der Waals surface area contributed by atoms with Gasteiger partial charge >= 0.3 is 0 Å². The fourth-order valence-corrected chi connectivity index (χ4v) is 4.36. The Kier molecular flexibility index (Phi) is 12.6. The second-order valence-corrected chi connectivity index (χ2v) is 11.6. The fourth-order valence-electron chi connectivity index (χ4n) is 4.36. The minimum absolute atomic E-state index is 0.0339. The summed E-state index contributed by atoms with van der Waals surface area (Å²) in [5, 5.41) is 16.9. The van der Waals surface area contributed by atoms with Gasteiger partial charge in [0.15, 0.2) is 5.79 Å². The number of aliphatic hydroxyl groups is 1. The van der Waals surface area contributed by atoms with E-state index in [1.165, 1.54) is 0 Å². The summed E-state index contributed by atoms with van der Waals surface area (Å²) in [6.45, 7) is 10.7. The first-order valence-electron chi connectivity index (χ1n) is 13.9. The Hall–Kier alpha value is -2.78. The van der Waals surface area contributed by atoms with Crippen LogP contribution in [-0.4, -0.2) is 53.0 Å². The number of amides is 2. The van der Waals surface area contributed by atoms with Crippen molar-refractivity contribution in [1.82, 2.24) is 10.6 Å². The number of hydrogen-bond donors (Lipinski definition) is 5. The molecule has 0 bridgehead atoms. The minimum Gasteiger partial charge on any atom is -0.366 e. The SMILES string of the molecule is CC(C)[C@H](N)C(=O)NC(Cc1ccccc1)C[C@H](OC(C)(C)O)[C@H](Cc1ccccc1)NC(=O)[C@@H](N)C(C)C. The van der Waals surface area contributed by atoms with E-state index >= 15 is 0 Å². The first-order valence-corrected chi connectivity index (χ1v) is 13.9. The highest BCUT2D eigenvalue weighted by molar-refractivity contribution is 5.82. The largest absolute Gasteiger partial charge is 0.366 e. The van der Waals surface area contributed by atoms with Crippen LogP contribution in [0.5, 0.6) is 0 Å². The maximum atomic E-state index is 13.1. The molecule has 2 aromatic carbocycles. The zero-order valence-electron chi connectivity index (χ0n) is 24.3. The van der Waals surface area contributed by atoms with Crippen LogP contribution in [0.25, 0.3) is 0 Å². The van der Waals surface area contributed by atoms with Crippen LogP contribution in [0.4, 0.5) is 0 Å². The van der Waals surface area contributed by atoms with Crippen LogP contribution >= 0.6 is 0 Å². The molecule has 8 heteroatoms. The molecule has 8 nitrogen and oxygen atoms in total. The standard InChI is InChI=1S/C31H48N4O4/c1-20(2)27(32)29(36)34-24(17-22-13-9-7-10-14-22)19-26(39-31(5,6)38)25(18-23-15-11-8-12-16-23)35-30(37)28(33)21(3)4/h7-16,20-21,24-28,38H,17-19,32-33H2,1-6H3,(H,34,36)(H,35,37)/t24?,25-,26-,27-,28-/m0/s1. The molecule has 0 radical (unpaired) electrons. The van der Waals surface area contributed by atoms with Crippen LogP contribution in [0.2, 0.25) is 0 Å². The molecule has 0 aliphatic rings. The van der Waals surface area contributed by atoms with Crippen molar-refractivity contribution in [2.75, 3.05) is 0 Å². The lowest BCUT2D eigenvalue weighted by atomic mass is 9.92. The molecule has 7 N–H and O–H groups in total. The molecule has 0 spiro atoms. The van der Waals surface area contributed by atoms with Crippen LogP contribution in [0.15, 0.2) is 60.7 Å². The van der Waals surface area contributed by atoms with Crippen molar-refractivity contribution < 1.29 is 19.4 Å². The van der Waals surface area contributed by atoms with Crippen LogP contribution in [0.1, 0.15) is 59.1 Å². The van der Waals surface area contributed by atoms with Gasteiger partial charge in [-0.05, 0) is 56.1 Å². The van der Waals surface area contributed by atoms with Gasteiger partial charge in [0.2, 0.25) is 11.8 Å². The molecule has 2 amide bonds. The fraction of sp³-hybridized carbons (Fsp3) is 0.548. The number of benzene rings is 2. The van der Waals surface area contributed by atoms with Gasteiger partial charge in [0.1, 0.15) is 0 Å². The molecule has 0 fully saturated rings. The van der Waals surface area contributed by atoms with E-state index in [9.17, 15) is 14.7 Å². The molecule has 0 saturated heterocycles. The third-order valence-electron chi connectivity index (χ3n) is 6.74. The zero-order valence-corrected chi connectivity index (χ0v) is 24.3. The number of carbonyl (C=O) groups is 2. The normalized spacial score (nSPS) is 15.9. The van der Waals surface area contributed by atoms with Crippen LogP contribution in [0, 0.1) is 11.8 Å². The molecule has 39 heavy (non-hydrogen) atoms. The van der Waals surface area contributed by atoms with E-state index in [1.807, 2.05) is 88.4 Å². The Morgan fingerprint density at radius 2 is 1.23 bits per heavy atom.